The van der Waals surface area contributed by atoms with E-state index in [2.05, 4.69) is 13.2 Å². The molecule has 0 saturated carbocycles. The minimum Gasteiger partial charge on any atom is -0.338 e. The summed E-state index contributed by atoms with van der Waals surface area (Å²) in [5.74, 6) is 0.102. The predicted molar refractivity (Wildman–Crippen MR) is 84.5 cm³/mol. The van der Waals surface area contributed by atoms with Crippen molar-refractivity contribution in [2.24, 2.45) is 0 Å². The van der Waals surface area contributed by atoms with Gasteiger partial charge in [0.2, 0.25) is 5.91 Å². The molecule has 0 heterocycles. The van der Waals surface area contributed by atoms with Crippen LogP contribution < -0.4 is 0 Å². The van der Waals surface area contributed by atoms with Gasteiger partial charge in [0.1, 0.15) is 0 Å². The molecular formula is C17H24N2O. The lowest BCUT2D eigenvalue weighted by atomic mass is 10.1. The van der Waals surface area contributed by atoms with Crippen LogP contribution in [0.25, 0.3) is 0 Å². The third kappa shape index (κ3) is 4.67. The van der Waals surface area contributed by atoms with Crippen LogP contribution in [0.5, 0.6) is 0 Å². The van der Waals surface area contributed by atoms with E-state index in [9.17, 15) is 4.79 Å². The highest BCUT2D eigenvalue weighted by atomic mass is 16.2. The van der Waals surface area contributed by atoms with Crippen molar-refractivity contribution in [1.82, 2.24) is 9.80 Å². The van der Waals surface area contributed by atoms with Crippen molar-refractivity contribution in [3.05, 3.63) is 61.2 Å². The number of rotatable bonds is 8. The first-order chi connectivity index (χ1) is 9.60. The van der Waals surface area contributed by atoms with Gasteiger partial charge in [-0.25, -0.2) is 0 Å². The lowest BCUT2D eigenvalue weighted by Crippen LogP contribution is -2.39. The number of amides is 1. The largest absolute Gasteiger partial charge is 0.338 e. The standard InChI is InChI=1S/C17H24N2O/c1-5-12-19(13-6-2)14-17(20)18(4)15(3)16-10-8-7-9-11-16/h5-11,15H,1-2,12-14H2,3-4H3. The third-order valence-electron chi connectivity index (χ3n) is 3.39. The second-order valence-corrected chi connectivity index (χ2v) is 4.86. The van der Waals surface area contributed by atoms with E-state index in [4.69, 9.17) is 0 Å². The van der Waals surface area contributed by atoms with Gasteiger partial charge in [0, 0.05) is 20.1 Å². The molecule has 3 nitrogen and oxygen atoms in total. The molecule has 20 heavy (non-hydrogen) atoms. The Morgan fingerprint density at radius 2 is 1.75 bits per heavy atom. The van der Waals surface area contributed by atoms with Gasteiger partial charge >= 0.3 is 0 Å². The number of benzene rings is 1. The van der Waals surface area contributed by atoms with Crippen molar-refractivity contribution < 1.29 is 4.79 Å². The topological polar surface area (TPSA) is 23.6 Å². The van der Waals surface area contributed by atoms with E-state index >= 15 is 0 Å². The zero-order valence-electron chi connectivity index (χ0n) is 12.5. The molecule has 1 atom stereocenters. The zero-order valence-corrected chi connectivity index (χ0v) is 12.5. The highest BCUT2D eigenvalue weighted by Crippen LogP contribution is 2.18. The van der Waals surface area contributed by atoms with Crippen molar-refractivity contribution in [2.75, 3.05) is 26.7 Å². The van der Waals surface area contributed by atoms with E-state index in [1.165, 1.54) is 0 Å². The molecule has 1 amide bonds. The van der Waals surface area contributed by atoms with Crippen molar-refractivity contribution in [1.29, 1.82) is 0 Å². The number of likely N-dealkylation sites (N-methyl/N-ethyl adjacent to an activating group) is 1. The summed E-state index contributed by atoms with van der Waals surface area (Å²) in [6, 6.07) is 10.1. The molecule has 0 aliphatic rings. The lowest BCUT2D eigenvalue weighted by Gasteiger charge is -2.28. The normalized spacial score (nSPS) is 11.9. The SMILES string of the molecule is C=CCN(CC=C)CC(=O)N(C)C(C)c1ccccc1. The molecule has 0 fully saturated rings. The Hall–Kier alpha value is -1.87. The summed E-state index contributed by atoms with van der Waals surface area (Å²) in [5.41, 5.74) is 1.14. The van der Waals surface area contributed by atoms with Gasteiger partial charge in [-0.2, -0.15) is 0 Å². The van der Waals surface area contributed by atoms with Crippen molar-refractivity contribution in [3.8, 4) is 0 Å². The molecule has 0 aromatic heterocycles. The summed E-state index contributed by atoms with van der Waals surface area (Å²) in [4.78, 5) is 16.1. The number of carbonyl (C=O) groups excluding carboxylic acids is 1. The summed E-state index contributed by atoms with van der Waals surface area (Å²) in [6.45, 7) is 11.2. The fourth-order valence-corrected chi connectivity index (χ4v) is 2.04. The summed E-state index contributed by atoms with van der Waals surface area (Å²) in [5, 5.41) is 0. The van der Waals surface area contributed by atoms with E-state index < -0.39 is 0 Å². The number of hydrogen-bond acceptors (Lipinski definition) is 2. The molecule has 0 radical (unpaired) electrons. The molecule has 1 rings (SSSR count). The molecule has 0 aliphatic heterocycles. The fourth-order valence-electron chi connectivity index (χ4n) is 2.04. The first kappa shape index (κ1) is 16.2. The van der Waals surface area contributed by atoms with Crippen molar-refractivity contribution >= 4 is 5.91 Å². The second kappa shape index (κ2) is 8.33. The Bertz CT molecular complexity index is 432. The Morgan fingerprint density at radius 1 is 1.20 bits per heavy atom. The Labute approximate surface area is 122 Å². The van der Waals surface area contributed by atoms with Gasteiger partial charge in [-0.1, -0.05) is 42.5 Å². The van der Waals surface area contributed by atoms with E-state index in [-0.39, 0.29) is 11.9 Å². The van der Waals surface area contributed by atoms with Gasteiger partial charge in [-0.05, 0) is 12.5 Å². The van der Waals surface area contributed by atoms with Crippen LogP contribution in [0.15, 0.2) is 55.6 Å². The van der Waals surface area contributed by atoms with Crippen LogP contribution >= 0.6 is 0 Å². The molecule has 3 heteroatoms. The van der Waals surface area contributed by atoms with E-state index in [1.54, 1.807) is 17.1 Å². The summed E-state index contributed by atoms with van der Waals surface area (Å²) in [7, 11) is 1.85. The van der Waals surface area contributed by atoms with E-state index in [0.717, 1.165) is 5.56 Å². The Kier molecular flexibility index (Phi) is 6.74. The fraction of sp³-hybridized carbons (Fsp3) is 0.353. The molecule has 0 bridgehead atoms. The molecule has 0 aliphatic carbocycles. The van der Waals surface area contributed by atoms with Crippen LogP contribution in [-0.2, 0) is 4.79 Å². The maximum absolute atomic E-state index is 12.3. The molecule has 0 saturated heterocycles. The minimum atomic E-state index is 0.0676. The first-order valence-corrected chi connectivity index (χ1v) is 6.85. The number of hydrogen-bond donors (Lipinski definition) is 0. The van der Waals surface area contributed by atoms with Gasteiger partial charge in [0.15, 0.2) is 0 Å². The van der Waals surface area contributed by atoms with Crippen LogP contribution in [-0.4, -0.2) is 42.4 Å². The molecule has 0 N–H and O–H groups in total. The predicted octanol–water partition coefficient (Wildman–Crippen LogP) is 2.88. The summed E-state index contributed by atoms with van der Waals surface area (Å²) in [6.07, 6.45) is 3.61. The number of carbonyl (C=O) groups is 1. The van der Waals surface area contributed by atoms with Gasteiger partial charge in [-0.15, -0.1) is 13.2 Å². The van der Waals surface area contributed by atoms with Crippen LogP contribution in [0.3, 0.4) is 0 Å². The van der Waals surface area contributed by atoms with Gasteiger partial charge in [-0.3, -0.25) is 9.69 Å². The van der Waals surface area contributed by atoms with Crippen LogP contribution in [0.2, 0.25) is 0 Å². The van der Waals surface area contributed by atoms with Gasteiger partial charge < -0.3 is 4.90 Å². The molecule has 1 unspecified atom stereocenters. The molecule has 1 aromatic carbocycles. The van der Waals surface area contributed by atoms with Gasteiger partial charge in [0.25, 0.3) is 0 Å². The average molecular weight is 272 g/mol. The van der Waals surface area contributed by atoms with Crippen LogP contribution in [0, 0.1) is 0 Å². The van der Waals surface area contributed by atoms with Crippen LogP contribution in [0.4, 0.5) is 0 Å². The summed E-state index contributed by atoms with van der Waals surface area (Å²) < 4.78 is 0. The zero-order chi connectivity index (χ0) is 15.0. The lowest BCUT2D eigenvalue weighted by molar-refractivity contribution is -0.132. The van der Waals surface area contributed by atoms with E-state index in [1.807, 2.05) is 49.2 Å². The van der Waals surface area contributed by atoms with Crippen molar-refractivity contribution in [2.45, 2.75) is 13.0 Å². The second-order valence-electron chi connectivity index (χ2n) is 4.86. The third-order valence-corrected chi connectivity index (χ3v) is 3.39. The smallest absolute Gasteiger partial charge is 0.237 e. The minimum absolute atomic E-state index is 0.0676. The molecular weight excluding hydrogens is 248 g/mol. The maximum Gasteiger partial charge on any atom is 0.237 e. The van der Waals surface area contributed by atoms with E-state index in [0.29, 0.717) is 19.6 Å². The average Bonchev–Trinajstić information content (AvgIpc) is 2.47. The Morgan fingerprint density at radius 3 is 2.25 bits per heavy atom. The highest BCUT2D eigenvalue weighted by Gasteiger charge is 2.18. The first-order valence-electron chi connectivity index (χ1n) is 6.85. The molecule has 0 spiro atoms. The molecule has 108 valence electrons. The molecule has 1 aromatic rings. The monoisotopic (exact) mass is 272 g/mol. The quantitative estimate of drug-likeness (QED) is 0.679. The van der Waals surface area contributed by atoms with Crippen molar-refractivity contribution in [3.63, 3.8) is 0 Å². The maximum atomic E-state index is 12.3. The van der Waals surface area contributed by atoms with Crippen LogP contribution in [0.1, 0.15) is 18.5 Å². The number of nitrogens with zero attached hydrogens (tertiary/aromatic N) is 2. The summed E-state index contributed by atoms with van der Waals surface area (Å²) >= 11 is 0. The highest BCUT2D eigenvalue weighted by molar-refractivity contribution is 5.78. The van der Waals surface area contributed by atoms with Gasteiger partial charge in [0.05, 0.1) is 12.6 Å². The Balaban J connectivity index is 2.65.